The Balaban J connectivity index is 1.84. The van der Waals surface area contributed by atoms with Crippen LogP contribution in [0.2, 0.25) is 0 Å². The number of oxazole rings is 1. The van der Waals surface area contributed by atoms with Gasteiger partial charge < -0.3 is 14.5 Å². The molecule has 3 heterocycles. The summed E-state index contributed by atoms with van der Waals surface area (Å²) in [6, 6.07) is 3.93. The number of aliphatic imine (C=N–C) groups is 1. The van der Waals surface area contributed by atoms with E-state index in [1.807, 2.05) is 43.5 Å². The number of carbonyl (C=O) groups excluding carboxylic acids is 1. The number of fused-ring (bicyclic) bond motifs is 1. The second kappa shape index (κ2) is 9.21. The van der Waals surface area contributed by atoms with Crippen molar-refractivity contribution in [1.29, 1.82) is 0 Å². The van der Waals surface area contributed by atoms with Crippen LogP contribution in [0, 0.1) is 13.8 Å². The van der Waals surface area contributed by atoms with Gasteiger partial charge in [-0.25, -0.2) is 15.0 Å². The molecule has 0 saturated heterocycles. The number of aryl methyl sites for hydroxylation is 2. The van der Waals surface area contributed by atoms with Gasteiger partial charge in [-0.3, -0.25) is 9.20 Å². The van der Waals surface area contributed by atoms with E-state index in [4.69, 9.17) is 9.15 Å². The monoisotopic (exact) mass is 407 g/mol. The summed E-state index contributed by atoms with van der Waals surface area (Å²) in [6.07, 6.45) is 7.94. The van der Waals surface area contributed by atoms with Gasteiger partial charge in [0.15, 0.2) is 5.90 Å². The van der Waals surface area contributed by atoms with Crippen molar-refractivity contribution in [2.24, 2.45) is 4.99 Å². The molecular formula is C22H25N5O3. The molecule has 8 heteroatoms. The highest BCUT2D eigenvalue weighted by atomic mass is 16.5. The zero-order valence-electron chi connectivity index (χ0n) is 17.6. The third-order valence-electron chi connectivity index (χ3n) is 4.49. The van der Waals surface area contributed by atoms with E-state index in [-0.39, 0.29) is 5.89 Å². The molecule has 0 spiro atoms. The summed E-state index contributed by atoms with van der Waals surface area (Å²) in [7, 11) is 1.56. The Morgan fingerprint density at radius 3 is 2.90 bits per heavy atom. The maximum absolute atomic E-state index is 12.6. The van der Waals surface area contributed by atoms with E-state index in [0.717, 1.165) is 29.0 Å². The molecule has 0 unspecified atom stereocenters. The molecule has 3 aromatic heterocycles. The Bertz CT molecular complexity index is 1140. The number of ether oxygens (including phenoxy) is 1. The van der Waals surface area contributed by atoms with Crippen molar-refractivity contribution in [1.82, 2.24) is 19.7 Å². The van der Waals surface area contributed by atoms with Crippen molar-refractivity contribution in [3.63, 3.8) is 0 Å². The third kappa shape index (κ3) is 4.32. The predicted molar refractivity (Wildman–Crippen MR) is 115 cm³/mol. The van der Waals surface area contributed by atoms with Crippen LogP contribution in [-0.2, 0) is 4.74 Å². The van der Waals surface area contributed by atoms with Gasteiger partial charge in [-0.1, -0.05) is 19.6 Å². The van der Waals surface area contributed by atoms with E-state index >= 15 is 0 Å². The summed E-state index contributed by atoms with van der Waals surface area (Å²) in [5.74, 6) is 0.00635. The first-order valence-electron chi connectivity index (χ1n) is 9.63. The van der Waals surface area contributed by atoms with Crippen LogP contribution in [0.4, 0.5) is 0 Å². The SMILES string of the molecule is C=C/C(=C\N=C(CCC)OC)NC(=O)c1nc(-c2c(C)nc3c(C)cccn23)co1. The maximum Gasteiger partial charge on any atom is 0.311 e. The molecule has 156 valence electrons. The highest BCUT2D eigenvalue weighted by Crippen LogP contribution is 2.25. The zero-order valence-corrected chi connectivity index (χ0v) is 17.6. The molecule has 0 aliphatic rings. The molecule has 0 atom stereocenters. The van der Waals surface area contributed by atoms with Crippen molar-refractivity contribution < 1.29 is 13.9 Å². The zero-order chi connectivity index (χ0) is 21.7. The van der Waals surface area contributed by atoms with Crippen LogP contribution in [0.5, 0.6) is 0 Å². The number of hydrogen-bond acceptors (Lipinski definition) is 6. The molecule has 0 aliphatic carbocycles. The molecule has 3 aromatic rings. The summed E-state index contributed by atoms with van der Waals surface area (Å²) >= 11 is 0. The van der Waals surface area contributed by atoms with Gasteiger partial charge >= 0.3 is 5.91 Å². The topological polar surface area (TPSA) is 94.0 Å². The lowest BCUT2D eigenvalue weighted by Gasteiger charge is -2.04. The molecule has 0 saturated carbocycles. The van der Waals surface area contributed by atoms with Crippen LogP contribution in [0.25, 0.3) is 17.0 Å². The molecule has 0 radical (unpaired) electrons. The average molecular weight is 407 g/mol. The van der Waals surface area contributed by atoms with Crippen molar-refractivity contribution >= 4 is 17.5 Å². The van der Waals surface area contributed by atoms with E-state index in [9.17, 15) is 4.79 Å². The van der Waals surface area contributed by atoms with Gasteiger partial charge in [-0.05, 0) is 38.0 Å². The van der Waals surface area contributed by atoms with Crippen LogP contribution >= 0.6 is 0 Å². The Morgan fingerprint density at radius 2 is 2.20 bits per heavy atom. The molecule has 0 bridgehead atoms. The van der Waals surface area contributed by atoms with E-state index < -0.39 is 5.91 Å². The van der Waals surface area contributed by atoms with Crippen LogP contribution in [0.1, 0.15) is 41.7 Å². The van der Waals surface area contributed by atoms with E-state index in [2.05, 4.69) is 26.9 Å². The van der Waals surface area contributed by atoms with Gasteiger partial charge in [0.1, 0.15) is 17.6 Å². The quantitative estimate of drug-likeness (QED) is 0.360. The van der Waals surface area contributed by atoms with Crippen LogP contribution in [0.15, 0.2) is 58.6 Å². The summed E-state index contributed by atoms with van der Waals surface area (Å²) in [5, 5.41) is 2.69. The highest BCUT2D eigenvalue weighted by molar-refractivity contribution is 5.91. The van der Waals surface area contributed by atoms with Gasteiger partial charge in [-0.2, -0.15) is 0 Å². The first-order chi connectivity index (χ1) is 14.5. The normalized spacial score (nSPS) is 12.3. The number of nitrogens with one attached hydrogen (secondary N) is 1. The number of imidazole rings is 1. The predicted octanol–water partition coefficient (Wildman–Crippen LogP) is 4.21. The largest absolute Gasteiger partial charge is 0.484 e. The Labute approximate surface area is 175 Å². The molecule has 1 amide bonds. The Kier molecular flexibility index (Phi) is 6.46. The standard InChI is InChI=1S/C22H25N5O3/c1-6-9-18(29-5)23-12-16(7-2)25-21(28)22-26-17(13-30-22)19-15(4)24-20-14(3)10-8-11-27(19)20/h7-8,10-13H,2,6,9H2,1,3-5H3,(H,25,28)/b16-12+,23-18?. The average Bonchev–Trinajstić information content (AvgIpc) is 3.34. The van der Waals surface area contributed by atoms with Crippen molar-refractivity contribution in [2.45, 2.75) is 33.6 Å². The molecule has 30 heavy (non-hydrogen) atoms. The number of allylic oxidation sites excluding steroid dienone is 1. The Morgan fingerprint density at radius 1 is 1.40 bits per heavy atom. The van der Waals surface area contributed by atoms with Gasteiger partial charge in [0.2, 0.25) is 0 Å². The minimum absolute atomic E-state index is 0.0655. The fraction of sp³-hybridized carbons (Fsp3) is 0.273. The van der Waals surface area contributed by atoms with Crippen LogP contribution < -0.4 is 5.32 Å². The van der Waals surface area contributed by atoms with Crippen molar-refractivity contribution in [2.75, 3.05) is 7.11 Å². The van der Waals surface area contributed by atoms with Crippen molar-refractivity contribution in [3.8, 4) is 11.4 Å². The van der Waals surface area contributed by atoms with Crippen LogP contribution in [0.3, 0.4) is 0 Å². The summed E-state index contributed by atoms with van der Waals surface area (Å²) in [4.78, 5) is 25.8. The van der Waals surface area contributed by atoms with Gasteiger partial charge in [0, 0.05) is 12.6 Å². The van der Waals surface area contributed by atoms with E-state index in [1.54, 1.807) is 7.11 Å². The number of nitrogens with zero attached hydrogens (tertiary/aromatic N) is 4. The Hall–Kier alpha value is -3.68. The number of carbonyl (C=O) groups is 1. The lowest BCUT2D eigenvalue weighted by molar-refractivity contribution is 0.0933. The maximum atomic E-state index is 12.6. The first-order valence-corrected chi connectivity index (χ1v) is 9.63. The molecule has 3 rings (SSSR count). The fourth-order valence-corrected chi connectivity index (χ4v) is 3.01. The van der Waals surface area contributed by atoms with Gasteiger partial charge in [-0.15, -0.1) is 0 Å². The molecule has 8 nitrogen and oxygen atoms in total. The molecule has 0 fully saturated rings. The summed E-state index contributed by atoms with van der Waals surface area (Å²) in [5.41, 5.74) is 4.41. The molecule has 1 N–H and O–H groups in total. The minimum atomic E-state index is -0.500. The van der Waals surface area contributed by atoms with Gasteiger partial charge in [0.05, 0.1) is 30.4 Å². The minimum Gasteiger partial charge on any atom is -0.484 e. The number of pyridine rings is 1. The van der Waals surface area contributed by atoms with Crippen molar-refractivity contribution in [3.05, 3.63) is 66.3 Å². The molecule has 0 aromatic carbocycles. The highest BCUT2D eigenvalue weighted by Gasteiger charge is 2.19. The van der Waals surface area contributed by atoms with E-state index in [1.165, 1.54) is 18.5 Å². The number of rotatable bonds is 7. The summed E-state index contributed by atoms with van der Waals surface area (Å²) < 4.78 is 12.6. The van der Waals surface area contributed by atoms with Gasteiger partial charge in [0.25, 0.3) is 5.89 Å². The second-order valence-corrected chi connectivity index (χ2v) is 6.69. The fourth-order valence-electron chi connectivity index (χ4n) is 3.01. The first kappa shape index (κ1) is 21.0. The smallest absolute Gasteiger partial charge is 0.311 e. The lowest BCUT2D eigenvalue weighted by Crippen LogP contribution is -2.22. The van der Waals surface area contributed by atoms with Crippen LogP contribution in [-0.4, -0.2) is 33.3 Å². The number of hydrogen-bond donors (Lipinski definition) is 1. The second-order valence-electron chi connectivity index (χ2n) is 6.69. The number of amides is 1. The lowest BCUT2D eigenvalue weighted by atomic mass is 10.2. The number of aromatic nitrogens is 3. The van der Waals surface area contributed by atoms with E-state index in [0.29, 0.717) is 23.7 Å². The third-order valence-corrected chi connectivity index (χ3v) is 4.49. The summed E-state index contributed by atoms with van der Waals surface area (Å²) in [6.45, 7) is 9.62. The molecular weight excluding hydrogens is 382 g/mol. The molecule has 0 aliphatic heterocycles. The number of methoxy groups -OCH3 is 1.